The van der Waals surface area contributed by atoms with E-state index in [9.17, 15) is 4.79 Å². The lowest BCUT2D eigenvalue weighted by Gasteiger charge is -2.14. The molecule has 0 N–H and O–H groups in total. The number of hydrogen-bond acceptors (Lipinski definition) is 5. The van der Waals surface area contributed by atoms with Crippen LogP contribution in [0, 0.1) is 0 Å². The van der Waals surface area contributed by atoms with E-state index in [2.05, 4.69) is 6.92 Å². The summed E-state index contributed by atoms with van der Waals surface area (Å²) in [5.74, 6) is 1.82. The lowest BCUT2D eigenvalue weighted by molar-refractivity contribution is 0.278. The van der Waals surface area contributed by atoms with Gasteiger partial charge in [-0.2, -0.15) is 0 Å². The molecule has 148 valence electrons. The molecule has 1 heterocycles. The molecule has 0 fully saturated rings. The lowest BCUT2D eigenvalue weighted by atomic mass is 10.0. The van der Waals surface area contributed by atoms with Crippen molar-refractivity contribution in [2.24, 2.45) is 0 Å². The van der Waals surface area contributed by atoms with Crippen molar-refractivity contribution in [3.8, 4) is 17.2 Å². The first-order chi connectivity index (χ1) is 14.1. The molecular weight excluding hydrogens is 368 g/mol. The minimum atomic E-state index is -0.358. The summed E-state index contributed by atoms with van der Waals surface area (Å²) in [6.45, 7) is 2.35. The Morgan fingerprint density at radius 2 is 1.62 bits per heavy atom. The van der Waals surface area contributed by atoms with Crippen LogP contribution in [0.5, 0.6) is 17.2 Å². The van der Waals surface area contributed by atoms with E-state index in [1.165, 1.54) is 0 Å². The molecule has 0 radical (unpaired) electrons. The van der Waals surface area contributed by atoms with Gasteiger partial charge in [-0.15, -0.1) is 0 Å². The standard InChI is InChI=1S/C24H22O5/c1-4-15-9-10-17-18-12-22(27-3)23(13-21(18)29-24(25)19(17)11-15)28-14-16-7-5-6-8-20(16)26-2/h5-13H,4,14H2,1-3H3. The second kappa shape index (κ2) is 7.87. The average molecular weight is 390 g/mol. The fourth-order valence-electron chi connectivity index (χ4n) is 3.46. The minimum absolute atomic E-state index is 0.295. The molecule has 5 heteroatoms. The number of fused-ring (bicyclic) bond motifs is 3. The van der Waals surface area contributed by atoms with Crippen LogP contribution in [0.3, 0.4) is 0 Å². The fraction of sp³-hybridized carbons (Fsp3) is 0.208. The quantitative estimate of drug-likeness (QED) is 0.338. The van der Waals surface area contributed by atoms with Gasteiger partial charge in [-0.25, -0.2) is 4.79 Å². The third-order valence-electron chi connectivity index (χ3n) is 5.05. The van der Waals surface area contributed by atoms with Crippen molar-refractivity contribution >= 4 is 21.7 Å². The molecule has 29 heavy (non-hydrogen) atoms. The van der Waals surface area contributed by atoms with Crippen LogP contribution >= 0.6 is 0 Å². The van der Waals surface area contributed by atoms with Crippen molar-refractivity contribution in [1.29, 1.82) is 0 Å². The van der Waals surface area contributed by atoms with Crippen LogP contribution in [0.25, 0.3) is 21.7 Å². The molecule has 3 aromatic carbocycles. The van der Waals surface area contributed by atoms with Crippen molar-refractivity contribution in [1.82, 2.24) is 0 Å². The summed E-state index contributed by atoms with van der Waals surface area (Å²) in [7, 11) is 3.22. The summed E-state index contributed by atoms with van der Waals surface area (Å²) < 4.78 is 22.5. The van der Waals surface area contributed by atoms with E-state index in [-0.39, 0.29) is 5.63 Å². The van der Waals surface area contributed by atoms with Crippen LogP contribution in [-0.4, -0.2) is 14.2 Å². The van der Waals surface area contributed by atoms with Crippen molar-refractivity contribution in [2.45, 2.75) is 20.0 Å². The zero-order chi connectivity index (χ0) is 20.4. The van der Waals surface area contributed by atoms with Crippen LogP contribution in [0.4, 0.5) is 0 Å². The lowest BCUT2D eigenvalue weighted by Crippen LogP contribution is -2.03. The molecule has 0 aliphatic heterocycles. The minimum Gasteiger partial charge on any atom is -0.496 e. The first kappa shape index (κ1) is 18.9. The smallest absolute Gasteiger partial charge is 0.344 e. The summed E-state index contributed by atoms with van der Waals surface area (Å²) in [6.07, 6.45) is 0.854. The third-order valence-corrected chi connectivity index (χ3v) is 5.05. The van der Waals surface area contributed by atoms with Gasteiger partial charge in [0.2, 0.25) is 0 Å². The molecule has 1 aromatic heterocycles. The van der Waals surface area contributed by atoms with Crippen LogP contribution in [0.1, 0.15) is 18.1 Å². The fourth-order valence-corrected chi connectivity index (χ4v) is 3.46. The van der Waals surface area contributed by atoms with Crippen LogP contribution in [-0.2, 0) is 13.0 Å². The molecule has 4 rings (SSSR count). The van der Waals surface area contributed by atoms with Gasteiger partial charge < -0.3 is 18.6 Å². The SMILES string of the molecule is CCc1ccc2c(c1)c(=O)oc1cc(OCc3ccccc3OC)c(OC)cc12. The van der Waals surface area contributed by atoms with E-state index in [0.717, 1.165) is 34.1 Å². The molecule has 0 bridgehead atoms. The molecule has 0 unspecified atom stereocenters. The summed E-state index contributed by atoms with van der Waals surface area (Å²) >= 11 is 0. The van der Waals surface area contributed by atoms with Crippen LogP contribution < -0.4 is 19.8 Å². The summed E-state index contributed by atoms with van der Waals surface area (Å²) in [5, 5.41) is 2.22. The second-order valence-corrected chi connectivity index (χ2v) is 6.72. The van der Waals surface area contributed by atoms with Gasteiger partial charge in [0.05, 0.1) is 19.6 Å². The van der Waals surface area contributed by atoms with Crippen molar-refractivity contribution in [3.63, 3.8) is 0 Å². The number of benzene rings is 3. The Kier molecular flexibility index (Phi) is 5.12. The largest absolute Gasteiger partial charge is 0.496 e. The van der Waals surface area contributed by atoms with Gasteiger partial charge in [-0.1, -0.05) is 37.3 Å². The predicted octanol–water partition coefficient (Wildman–Crippen LogP) is 5.10. The number of para-hydroxylation sites is 1. The van der Waals surface area contributed by atoms with Gasteiger partial charge >= 0.3 is 5.63 Å². The number of ether oxygens (including phenoxy) is 3. The average Bonchev–Trinajstić information content (AvgIpc) is 2.77. The van der Waals surface area contributed by atoms with E-state index in [1.807, 2.05) is 48.5 Å². The van der Waals surface area contributed by atoms with E-state index in [0.29, 0.717) is 29.1 Å². The molecule has 5 nitrogen and oxygen atoms in total. The van der Waals surface area contributed by atoms with E-state index in [1.54, 1.807) is 20.3 Å². The highest BCUT2D eigenvalue weighted by Gasteiger charge is 2.14. The van der Waals surface area contributed by atoms with Gasteiger partial charge in [-0.3, -0.25) is 0 Å². The van der Waals surface area contributed by atoms with Gasteiger partial charge in [0.15, 0.2) is 11.5 Å². The molecular formula is C24H22O5. The Balaban J connectivity index is 1.79. The maximum atomic E-state index is 12.5. The normalized spacial score (nSPS) is 11.0. The van der Waals surface area contributed by atoms with Gasteiger partial charge in [-0.05, 0) is 30.2 Å². The zero-order valence-electron chi connectivity index (χ0n) is 16.7. The number of aryl methyl sites for hydroxylation is 1. The third kappa shape index (κ3) is 3.51. The van der Waals surface area contributed by atoms with Gasteiger partial charge in [0.25, 0.3) is 0 Å². The number of methoxy groups -OCH3 is 2. The molecule has 4 aromatic rings. The Bertz CT molecular complexity index is 1240. The Morgan fingerprint density at radius 3 is 2.38 bits per heavy atom. The predicted molar refractivity (Wildman–Crippen MR) is 113 cm³/mol. The first-order valence-corrected chi connectivity index (χ1v) is 9.46. The Hall–Kier alpha value is -3.47. The van der Waals surface area contributed by atoms with Gasteiger partial charge in [0.1, 0.15) is 17.9 Å². The molecule has 0 saturated heterocycles. The molecule has 0 atom stereocenters. The maximum Gasteiger partial charge on any atom is 0.344 e. The van der Waals surface area contributed by atoms with E-state index < -0.39 is 0 Å². The molecule has 0 aliphatic carbocycles. The highest BCUT2D eigenvalue weighted by Crippen LogP contribution is 2.36. The van der Waals surface area contributed by atoms with Crippen molar-refractivity contribution in [2.75, 3.05) is 14.2 Å². The second-order valence-electron chi connectivity index (χ2n) is 6.72. The highest BCUT2D eigenvalue weighted by atomic mass is 16.5. The van der Waals surface area contributed by atoms with Crippen LogP contribution in [0.2, 0.25) is 0 Å². The topological polar surface area (TPSA) is 57.9 Å². The van der Waals surface area contributed by atoms with E-state index >= 15 is 0 Å². The summed E-state index contributed by atoms with van der Waals surface area (Å²) in [6, 6.07) is 17.1. The molecule has 0 spiro atoms. The molecule has 0 aliphatic rings. The Morgan fingerprint density at radius 1 is 0.828 bits per heavy atom. The first-order valence-electron chi connectivity index (χ1n) is 9.46. The van der Waals surface area contributed by atoms with Crippen molar-refractivity contribution in [3.05, 3.63) is 76.1 Å². The van der Waals surface area contributed by atoms with E-state index in [4.69, 9.17) is 18.6 Å². The van der Waals surface area contributed by atoms with Crippen LogP contribution in [0.15, 0.2) is 63.8 Å². The van der Waals surface area contributed by atoms with Crippen molar-refractivity contribution < 1.29 is 18.6 Å². The molecule has 0 amide bonds. The summed E-state index contributed by atoms with van der Waals surface area (Å²) in [4.78, 5) is 12.5. The number of hydrogen-bond donors (Lipinski definition) is 0. The van der Waals surface area contributed by atoms with Gasteiger partial charge in [0, 0.05) is 22.4 Å². The monoisotopic (exact) mass is 390 g/mol. The maximum absolute atomic E-state index is 12.5. The zero-order valence-corrected chi connectivity index (χ0v) is 16.7. The summed E-state index contributed by atoms with van der Waals surface area (Å²) in [5.41, 5.74) is 2.10. The highest BCUT2D eigenvalue weighted by molar-refractivity contribution is 6.05. The Labute approximate surface area is 168 Å². The molecule has 0 saturated carbocycles. The number of rotatable bonds is 6.